The van der Waals surface area contributed by atoms with E-state index in [9.17, 15) is 4.79 Å². The van der Waals surface area contributed by atoms with Gasteiger partial charge in [0.1, 0.15) is 11.5 Å². The van der Waals surface area contributed by atoms with Gasteiger partial charge in [-0.2, -0.15) is 0 Å². The lowest BCUT2D eigenvalue weighted by Gasteiger charge is -2.08. The molecule has 3 heteroatoms. The van der Waals surface area contributed by atoms with E-state index in [-0.39, 0.29) is 5.97 Å². The Bertz CT molecular complexity index is 739. The standard InChI is InChI=1S/C25H30O3/c1-3-5-7-8-9-11-25(26)28-24-18-14-22(15-19-24)21-12-16-23(17-13-21)27-20-10-6-4-2/h2,12-19H,3,5-11,20H2,1H3. The molecule has 0 amide bonds. The third kappa shape index (κ3) is 7.88. The Morgan fingerprint density at radius 2 is 1.46 bits per heavy atom. The molecule has 28 heavy (non-hydrogen) atoms. The Kier molecular flexibility index (Phi) is 9.72. The fourth-order valence-corrected chi connectivity index (χ4v) is 2.88. The van der Waals surface area contributed by atoms with Crippen LogP contribution in [-0.4, -0.2) is 12.6 Å². The second-order valence-corrected chi connectivity index (χ2v) is 6.84. The van der Waals surface area contributed by atoms with Crippen LogP contribution >= 0.6 is 0 Å². The minimum Gasteiger partial charge on any atom is -0.494 e. The van der Waals surface area contributed by atoms with Crippen LogP contribution in [0.15, 0.2) is 48.5 Å². The van der Waals surface area contributed by atoms with Crippen molar-refractivity contribution in [1.29, 1.82) is 0 Å². The molecule has 0 N–H and O–H groups in total. The number of terminal acetylenes is 1. The Labute approximate surface area is 169 Å². The summed E-state index contributed by atoms with van der Waals surface area (Å²) in [5.74, 6) is 3.88. The molecular formula is C25H30O3. The molecule has 2 aromatic rings. The van der Waals surface area contributed by atoms with E-state index < -0.39 is 0 Å². The van der Waals surface area contributed by atoms with Gasteiger partial charge in [0, 0.05) is 12.8 Å². The van der Waals surface area contributed by atoms with E-state index in [2.05, 4.69) is 12.8 Å². The van der Waals surface area contributed by atoms with Crippen molar-refractivity contribution in [3.05, 3.63) is 48.5 Å². The first-order valence-corrected chi connectivity index (χ1v) is 10.2. The molecule has 0 unspecified atom stereocenters. The molecular weight excluding hydrogens is 348 g/mol. The van der Waals surface area contributed by atoms with Gasteiger partial charge >= 0.3 is 5.97 Å². The molecule has 0 saturated carbocycles. The van der Waals surface area contributed by atoms with E-state index in [1.54, 1.807) is 0 Å². The van der Waals surface area contributed by atoms with Crippen LogP contribution in [0.25, 0.3) is 11.1 Å². The van der Waals surface area contributed by atoms with Gasteiger partial charge in [0.05, 0.1) is 6.61 Å². The summed E-state index contributed by atoms with van der Waals surface area (Å²) in [7, 11) is 0. The average molecular weight is 379 g/mol. The molecule has 3 nitrogen and oxygen atoms in total. The Morgan fingerprint density at radius 1 is 0.857 bits per heavy atom. The molecule has 0 aliphatic rings. The van der Waals surface area contributed by atoms with Crippen LogP contribution in [-0.2, 0) is 4.79 Å². The fraction of sp³-hybridized carbons (Fsp3) is 0.400. The summed E-state index contributed by atoms with van der Waals surface area (Å²) in [5, 5.41) is 0. The molecule has 0 spiro atoms. The molecule has 0 atom stereocenters. The van der Waals surface area contributed by atoms with Crippen LogP contribution in [0.3, 0.4) is 0 Å². The zero-order chi connectivity index (χ0) is 20.0. The van der Waals surface area contributed by atoms with Gasteiger partial charge in [-0.15, -0.1) is 12.3 Å². The fourth-order valence-electron chi connectivity index (χ4n) is 2.88. The average Bonchev–Trinajstić information content (AvgIpc) is 2.72. The van der Waals surface area contributed by atoms with Crippen LogP contribution in [0.1, 0.15) is 58.3 Å². The molecule has 0 aliphatic carbocycles. The molecule has 0 fully saturated rings. The van der Waals surface area contributed by atoms with E-state index in [0.717, 1.165) is 42.6 Å². The lowest BCUT2D eigenvalue weighted by Crippen LogP contribution is -2.07. The van der Waals surface area contributed by atoms with Crippen molar-refractivity contribution in [2.45, 2.75) is 58.3 Å². The first kappa shape index (κ1) is 21.6. The third-order valence-corrected chi connectivity index (χ3v) is 4.49. The van der Waals surface area contributed by atoms with Gasteiger partial charge in [0.25, 0.3) is 0 Å². The van der Waals surface area contributed by atoms with Crippen LogP contribution < -0.4 is 9.47 Å². The number of carbonyl (C=O) groups is 1. The molecule has 0 aliphatic heterocycles. The van der Waals surface area contributed by atoms with Gasteiger partial charge in [0.15, 0.2) is 0 Å². The van der Waals surface area contributed by atoms with Gasteiger partial charge in [0.2, 0.25) is 0 Å². The predicted molar refractivity (Wildman–Crippen MR) is 114 cm³/mol. The van der Waals surface area contributed by atoms with Crippen LogP contribution in [0.4, 0.5) is 0 Å². The highest BCUT2D eigenvalue weighted by molar-refractivity contribution is 5.73. The summed E-state index contributed by atoms with van der Waals surface area (Å²) in [6.45, 7) is 2.81. The summed E-state index contributed by atoms with van der Waals surface area (Å²) in [6, 6.07) is 15.6. The van der Waals surface area contributed by atoms with Crippen molar-refractivity contribution in [3.8, 4) is 35.0 Å². The molecule has 2 rings (SSSR count). The van der Waals surface area contributed by atoms with Gasteiger partial charge in [-0.25, -0.2) is 0 Å². The first-order chi connectivity index (χ1) is 13.7. The number of rotatable bonds is 12. The molecule has 0 bridgehead atoms. The number of ether oxygens (including phenoxy) is 2. The highest BCUT2D eigenvalue weighted by Crippen LogP contribution is 2.25. The van der Waals surface area contributed by atoms with E-state index in [0.29, 0.717) is 18.8 Å². The normalized spacial score (nSPS) is 10.3. The molecule has 0 radical (unpaired) electrons. The topological polar surface area (TPSA) is 35.5 Å². The van der Waals surface area contributed by atoms with Gasteiger partial charge in [-0.1, -0.05) is 56.9 Å². The van der Waals surface area contributed by atoms with Crippen molar-refractivity contribution in [2.24, 2.45) is 0 Å². The van der Waals surface area contributed by atoms with Crippen molar-refractivity contribution >= 4 is 5.97 Å². The summed E-state index contributed by atoms with van der Waals surface area (Å²) < 4.78 is 11.1. The predicted octanol–water partition coefficient (Wildman–Crippen LogP) is 6.41. The maximum atomic E-state index is 11.9. The van der Waals surface area contributed by atoms with Crippen LogP contribution in [0, 0.1) is 12.3 Å². The lowest BCUT2D eigenvalue weighted by molar-refractivity contribution is -0.134. The van der Waals surface area contributed by atoms with E-state index in [4.69, 9.17) is 15.9 Å². The SMILES string of the molecule is C#CCCCOc1ccc(-c2ccc(OC(=O)CCCCCCC)cc2)cc1. The van der Waals surface area contributed by atoms with Crippen molar-refractivity contribution in [1.82, 2.24) is 0 Å². The zero-order valence-electron chi connectivity index (χ0n) is 16.8. The number of hydrogen-bond acceptors (Lipinski definition) is 3. The maximum absolute atomic E-state index is 11.9. The third-order valence-electron chi connectivity index (χ3n) is 4.49. The number of hydrogen-bond donors (Lipinski definition) is 0. The van der Waals surface area contributed by atoms with Crippen LogP contribution in [0.2, 0.25) is 0 Å². The number of benzene rings is 2. The Morgan fingerprint density at radius 3 is 2.07 bits per heavy atom. The Hall–Kier alpha value is -2.73. The number of carbonyl (C=O) groups excluding carboxylic acids is 1. The zero-order valence-corrected chi connectivity index (χ0v) is 16.8. The molecule has 0 aromatic heterocycles. The molecule has 0 saturated heterocycles. The monoisotopic (exact) mass is 378 g/mol. The second kappa shape index (κ2) is 12.6. The minimum absolute atomic E-state index is 0.157. The highest BCUT2D eigenvalue weighted by atomic mass is 16.5. The van der Waals surface area contributed by atoms with E-state index in [1.165, 1.54) is 19.3 Å². The van der Waals surface area contributed by atoms with Crippen molar-refractivity contribution in [3.63, 3.8) is 0 Å². The number of unbranched alkanes of at least 4 members (excludes halogenated alkanes) is 5. The second-order valence-electron chi connectivity index (χ2n) is 6.84. The Balaban J connectivity index is 1.80. The smallest absolute Gasteiger partial charge is 0.311 e. The van der Waals surface area contributed by atoms with Crippen molar-refractivity contribution < 1.29 is 14.3 Å². The maximum Gasteiger partial charge on any atom is 0.311 e. The quantitative estimate of drug-likeness (QED) is 0.185. The van der Waals surface area contributed by atoms with E-state index in [1.807, 2.05) is 48.5 Å². The van der Waals surface area contributed by atoms with E-state index >= 15 is 0 Å². The van der Waals surface area contributed by atoms with Gasteiger partial charge in [-0.3, -0.25) is 4.79 Å². The van der Waals surface area contributed by atoms with Gasteiger partial charge in [-0.05, 0) is 48.2 Å². The van der Waals surface area contributed by atoms with Crippen LogP contribution in [0.5, 0.6) is 11.5 Å². The lowest BCUT2D eigenvalue weighted by atomic mass is 10.1. The largest absolute Gasteiger partial charge is 0.494 e. The number of esters is 1. The summed E-state index contributed by atoms with van der Waals surface area (Å²) in [4.78, 5) is 11.9. The highest BCUT2D eigenvalue weighted by Gasteiger charge is 2.06. The summed E-state index contributed by atoms with van der Waals surface area (Å²) >= 11 is 0. The van der Waals surface area contributed by atoms with Crippen molar-refractivity contribution in [2.75, 3.05) is 6.61 Å². The minimum atomic E-state index is -0.157. The summed E-state index contributed by atoms with van der Waals surface area (Å²) in [6.07, 6.45) is 12.9. The summed E-state index contributed by atoms with van der Waals surface area (Å²) in [5.41, 5.74) is 2.16. The molecule has 0 heterocycles. The first-order valence-electron chi connectivity index (χ1n) is 10.2. The van der Waals surface area contributed by atoms with Gasteiger partial charge < -0.3 is 9.47 Å². The molecule has 148 valence electrons. The molecule has 2 aromatic carbocycles.